The van der Waals surface area contributed by atoms with E-state index in [0.29, 0.717) is 16.9 Å². The van der Waals surface area contributed by atoms with E-state index in [1.165, 1.54) is 0 Å². The molecule has 1 heterocycles. The van der Waals surface area contributed by atoms with Crippen molar-refractivity contribution in [1.29, 1.82) is 0 Å². The van der Waals surface area contributed by atoms with Crippen molar-refractivity contribution in [3.8, 4) is 5.75 Å². The first-order chi connectivity index (χ1) is 12.7. The molecule has 0 aliphatic carbocycles. The molecule has 0 aliphatic rings. The molecular formula is C20H24NO6-. The second-order valence-electron chi connectivity index (χ2n) is 6.87. The summed E-state index contributed by atoms with van der Waals surface area (Å²) in [5.41, 5.74) is 1.82. The molecule has 0 saturated carbocycles. The van der Waals surface area contributed by atoms with E-state index in [4.69, 9.17) is 9.15 Å². The Kier molecular flexibility index (Phi) is 6.25. The molecule has 146 valence electrons. The van der Waals surface area contributed by atoms with Gasteiger partial charge in [0, 0.05) is 22.9 Å². The van der Waals surface area contributed by atoms with Crippen LogP contribution in [0.25, 0.3) is 11.0 Å². The highest BCUT2D eigenvalue weighted by molar-refractivity contribution is 5.86. The van der Waals surface area contributed by atoms with Crippen LogP contribution in [-0.4, -0.2) is 25.0 Å². The first-order valence-electron chi connectivity index (χ1n) is 8.77. The number of benzene rings is 1. The van der Waals surface area contributed by atoms with Crippen molar-refractivity contribution >= 4 is 22.8 Å². The van der Waals surface area contributed by atoms with E-state index < -0.39 is 23.5 Å². The lowest BCUT2D eigenvalue weighted by atomic mass is 9.99. The molecule has 0 bridgehead atoms. The predicted molar refractivity (Wildman–Crippen MR) is 98.6 cm³/mol. The zero-order chi connectivity index (χ0) is 20.3. The van der Waals surface area contributed by atoms with Crippen molar-refractivity contribution in [2.45, 2.75) is 46.6 Å². The summed E-state index contributed by atoms with van der Waals surface area (Å²) in [5, 5.41) is 14.3. The van der Waals surface area contributed by atoms with E-state index in [9.17, 15) is 19.5 Å². The number of fused-ring (bicyclic) bond motifs is 1. The molecule has 1 aromatic carbocycles. The lowest BCUT2D eigenvalue weighted by molar-refractivity contribution is -0.309. The molecule has 0 aliphatic heterocycles. The molecule has 2 aromatic rings. The summed E-state index contributed by atoms with van der Waals surface area (Å²) < 4.78 is 10.7. The van der Waals surface area contributed by atoms with Crippen LogP contribution >= 0.6 is 0 Å². The van der Waals surface area contributed by atoms with E-state index in [1.54, 1.807) is 33.9 Å². The van der Waals surface area contributed by atoms with Crippen molar-refractivity contribution in [1.82, 2.24) is 5.32 Å². The molecule has 0 unspecified atom stereocenters. The molecule has 1 atom stereocenters. The number of carbonyl (C=O) groups excluding carboxylic acids is 2. The topological polar surface area (TPSA) is 109 Å². The minimum Gasteiger partial charge on any atom is -0.548 e. The Morgan fingerprint density at radius 2 is 1.89 bits per heavy atom. The van der Waals surface area contributed by atoms with Crippen LogP contribution in [0.3, 0.4) is 0 Å². The Morgan fingerprint density at radius 1 is 1.22 bits per heavy atom. The monoisotopic (exact) mass is 374 g/mol. The third-order valence-corrected chi connectivity index (χ3v) is 4.71. The summed E-state index contributed by atoms with van der Waals surface area (Å²) in [7, 11) is 1.54. The van der Waals surface area contributed by atoms with E-state index in [1.807, 2.05) is 13.0 Å². The Hall–Kier alpha value is -2.83. The van der Waals surface area contributed by atoms with E-state index in [0.717, 1.165) is 16.5 Å². The fourth-order valence-electron chi connectivity index (χ4n) is 3.06. The van der Waals surface area contributed by atoms with Gasteiger partial charge in [0.15, 0.2) is 0 Å². The normalized spacial score (nSPS) is 12.2. The largest absolute Gasteiger partial charge is 0.548 e. The lowest BCUT2D eigenvalue weighted by Crippen LogP contribution is -2.50. The van der Waals surface area contributed by atoms with Crippen molar-refractivity contribution in [2.24, 2.45) is 5.92 Å². The minimum atomic E-state index is -1.33. The van der Waals surface area contributed by atoms with Crippen LogP contribution in [0, 0.1) is 19.8 Å². The Balaban J connectivity index is 2.26. The summed E-state index contributed by atoms with van der Waals surface area (Å²) in [5.74, 6) is -1.46. The van der Waals surface area contributed by atoms with E-state index in [-0.39, 0.29) is 18.8 Å². The number of hydrogen-bond donors (Lipinski definition) is 1. The van der Waals surface area contributed by atoms with Gasteiger partial charge in [0.25, 0.3) is 0 Å². The number of aryl methyl sites for hydroxylation is 2. The van der Waals surface area contributed by atoms with Crippen molar-refractivity contribution in [3.05, 3.63) is 39.2 Å². The van der Waals surface area contributed by atoms with E-state index >= 15 is 0 Å². The molecule has 1 amide bonds. The summed E-state index contributed by atoms with van der Waals surface area (Å²) >= 11 is 0. The molecule has 2 rings (SSSR count). The number of amides is 1. The van der Waals surface area contributed by atoms with E-state index in [2.05, 4.69) is 5.32 Å². The van der Waals surface area contributed by atoms with Crippen LogP contribution in [0.4, 0.5) is 0 Å². The van der Waals surface area contributed by atoms with Gasteiger partial charge < -0.3 is 24.4 Å². The van der Waals surface area contributed by atoms with Gasteiger partial charge >= 0.3 is 5.63 Å². The van der Waals surface area contributed by atoms with Crippen LogP contribution in [0.5, 0.6) is 5.75 Å². The zero-order valence-corrected chi connectivity index (χ0v) is 16.2. The molecule has 0 radical (unpaired) electrons. The third-order valence-electron chi connectivity index (χ3n) is 4.71. The number of hydrogen-bond acceptors (Lipinski definition) is 6. The maximum atomic E-state index is 12.4. The highest BCUT2D eigenvalue weighted by atomic mass is 16.5. The van der Waals surface area contributed by atoms with Gasteiger partial charge in [-0.1, -0.05) is 13.8 Å². The number of nitrogens with one attached hydrogen (secondary N) is 1. The van der Waals surface area contributed by atoms with Gasteiger partial charge in [-0.2, -0.15) is 0 Å². The molecule has 1 aromatic heterocycles. The van der Waals surface area contributed by atoms with Crippen LogP contribution in [0.15, 0.2) is 21.3 Å². The number of rotatable bonds is 7. The van der Waals surface area contributed by atoms with Crippen LogP contribution < -0.4 is 20.8 Å². The number of aliphatic carboxylic acids is 1. The van der Waals surface area contributed by atoms with Gasteiger partial charge in [-0.15, -0.1) is 0 Å². The molecule has 7 nitrogen and oxygen atoms in total. The SMILES string of the molecule is COc1ccc2c(C)c(CCC(=O)N[C@H](C(=O)[O-])C(C)C)c(=O)oc2c1C. The third kappa shape index (κ3) is 4.30. The number of ether oxygens (including phenoxy) is 1. The Morgan fingerprint density at radius 3 is 2.44 bits per heavy atom. The Bertz CT molecular complexity index is 928. The highest BCUT2D eigenvalue weighted by Crippen LogP contribution is 2.29. The fourth-order valence-corrected chi connectivity index (χ4v) is 3.06. The summed E-state index contributed by atoms with van der Waals surface area (Å²) in [6, 6.07) is 2.55. The van der Waals surface area contributed by atoms with Crippen molar-refractivity contribution in [2.75, 3.05) is 7.11 Å². The maximum absolute atomic E-state index is 12.4. The zero-order valence-electron chi connectivity index (χ0n) is 16.2. The van der Waals surface area contributed by atoms with Crippen molar-refractivity contribution in [3.63, 3.8) is 0 Å². The van der Waals surface area contributed by atoms with Crippen LogP contribution in [0.1, 0.15) is 37.0 Å². The van der Waals surface area contributed by atoms with Gasteiger partial charge in [0.05, 0.1) is 19.1 Å². The first-order valence-corrected chi connectivity index (χ1v) is 8.77. The average molecular weight is 374 g/mol. The molecular weight excluding hydrogens is 350 g/mol. The first kappa shape index (κ1) is 20.5. The van der Waals surface area contributed by atoms with Gasteiger partial charge in [-0.05, 0) is 43.9 Å². The quantitative estimate of drug-likeness (QED) is 0.731. The molecule has 27 heavy (non-hydrogen) atoms. The average Bonchev–Trinajstić information content (AvgIpc) is 2.60. The van der Waals surface area contributed by atoms with Crippen LogP contribution in [0.2, 0.25) is 0 Å². The van der Waals surface area contributed by atoms with Gasteiger partial charge in [-0.25, -0.2) is 4.79 Å². The number of carboxylic acid groups (broad SMARTS) is 1. The Labute approximate surface area is 157 Å². The molecule has 0 spiro atoms. The maximum Gasteiger partial charge on any atom is 0.339 e. The van der Waals surface area contributed by atoms with Crippen molar-refractivity contribution < 1.29 is 23.8 Å². The molecule has 0 fully saturated rings. The summed E-state index contributed by atoms with van der Waals surface area (Å²) in [4.78, 5) is 35.6. The van der Waals surface area contributed by atoms with Gasteiger partial charge in [0.1, 0.15) is 11.3 Å². The second-order valence-corrected chi connectivity index (χ2v) is 6.87. The molecule has 7 heteroatoms. The summed E-state index contributed by atoms with van der Waals surface area (Å²) in [6.07, 6.45) is 0.127. The minimum absolute atomic E-state index is 0.0251. The second kappa shape index (κ2) is 8.24. The molecule has 1 N–H and O–H groups in total. The molecule has 0 saturated heterocycles. The predicted octanol–water partition coefficient (Wildman–Crippen LogP) is 1.24. The van der Waals surface area contributed by atoms with Crippen LogP contribution in [-0.2, 0) is 16.0 Å². The number of carbonyl (C=O) groups is 2. The van der Waals surface area contributed by atoms with Gasteiger partial charge in [0.2, 0.25) is 5.91 Å². The standard InChI is InChI=1S/C20H25NO6/c1-10(2)17(19(23)24)21-16(22)9-7-14-11(3)13-6-8-15(26-5)12(4)18(13)27-20(14)25/h6,8,10,17H,7,9H2,1-5H3,(H,21,22)(H,23,24)/p-1/t17-/m0/s1. The highest BCUT2D eigenvalue weighted by Gasteiger charge is 2.19. The fraction of sp³-hybridized carbons (Fsp3) is 0.450. The van der Waals surface area contributed by atoms with Gasteiger partial charge in [-0.3, -0.25) is 4.79 Å². The number of carboxylic acids is 1. The summed E-state index contributed by atoms with van der Waals surface area (Å²) in [6.45, 7) is 6.97. The lowest BCUT2D eigenvalue weighted by Gasteiger charge is -2.23. The smallest absolute Gasteiger partial charge is 0.339 e. The number of methoxy groups -OCH3 is 1.